The molecule has 0 bridgehead atoms. The molecule has 3 aromatic rings. The van der Waals surface area contributed by atoms with Crippen molar-refractivity contribution in [1.29, 1.82) is 0 Å². The monoisotopic (exact) mass is 229 g/mol. The summed E-state index contributed by atoms with van der Waals surface area (Å²) in [5.41, 5.74) is 2.90. The number of halogens is 1. The summed E-state index contributed by atoms with van der Waals surface area (Å²) in [5, 5.41) is 8.54. The minimum absolute atomic E-state index is 0.745. The van der Waals surface area contributed by atoms with E-state index in [0.717, 1.165) is 21.8 Å². The zero-order chi connectivity index (χ0) is 11.0. The fraction of sp³-hybridized carbons (Fsp3) is 0. The maximum atomic E-state index is 6.14. The molecule has 0 aliphatic carbocycles. The van der Waals surface area contributed by atoms with Gasteiger partial charge >= 0.3 is 0 Å². The Bertz CT molecular complexity index is 645. The van der Waals surface area contributed by atoms with Gasteiger partial charge < -0.3 is 0 Å². The standard InChI is InChI=1S/C12H8ClN3/c13-11-4-2-1-3-10(11)9-5-6-12-15-14-8-16(12)7-9/h1-8H. The first-order chi connectivity index (χ1) is 7.84. The lowest BCUT2D eigenvalue weighted by Gasteiger charge is -2.04. The fourth-order valence-corrected chi connectivity index (χ4v) is 1.93. The predicted molar refractivity (Wildman–Crippen MR) is 63.4 cm³/mol. The van der Waals surface area contributed by atoms with Gasteiger partial charge in [-0.25, -0.2) is 0 Å². The average Bonchev–Trinajstić information content (AvgIpc) is 2.76. The van der Waals surface area contributed by atoms with Crippen molar-refractivity contribution in [3.63, 3.8) is 0 Å². The first-order valence-electron chi connectivity index (χ1n) is 4.89. The first kappa shape index (κ1) is 9.36. The number of benzene rings is 1. The second kappa shape index (κ2) is 3.61. The predicted octanol–water partition coefficient (Wildman–Crippen LogP) is 3.05. The van der Waals surface area contributed by atoms with Gasteiger partial charge in [-0.1, -0.05) is 29.8 Å². The first-order valence-corrected chi connectivity index (χ1v) is 5.27. The van der Waals surface area contributed by atoms with E-state index >= 15 is 0 Å². The van der Waals surface area contributed by atoms with E-state index in [2.05, 4.69) is 10.2 Å². The third-order valence-electron chi connectivity index (χ3n) is 2.48. The van der Waals surface area contributed by atoms with Gasteiger partial charge in [-0.05, 0) is 23.8 Å². The van der Waals surface area contributed by atoms with E-state index in [1.807, 2.05) is 47.0 Å². The van der Waals surface area contributed by atoms with Crippen LogP contribution < -0.4 is 0 Å². The fourth-order valence-electron chi connectivity index (χ4n) is 1.68. The Morgan fingerprint density at radius 2 is 1.94 bits per heavy atom. The zero-order valence-electron chi connectivity index (χ0n) is 8.34. The summed E-state index contributed by atoms with van der Waals surface area (Å²) in [5.74, 6) is 0. The SMILES string of the molecule is Clc1ccccc1-c1ccc2nncn2c1. The maximum absolute atomic E-state index is 6.14. The van der Waals surface area contributed by atoms with Crippen molar-refractivity contribution in [1.82, 2.24) is 14.6 Å². The van der Waals surface area contributed by atoms with E-state index in [1.54, 1.807) is 6.33 Å². The molecule has 0 atom stereocenters. The average molecular weight is 230 g/mol. The second-order valence-electron chi connectivity index (χ2n) is 3.49. The lowest BCUT2D eigenvalue weighted by molar-refractivity contribution is 1.10. The van der Waals surface area contributed by atoms with Gasteiger partial charge in [0, 0.05) is 16.8 Å². The van der Waals surface area contributed by atoms with Crippen LogP contribution in [0.25, 0.3) is 16.8 Å². The third-order valence-corrected chi connectivity index (χ3v) is 2.81. The molecule has 0 saturated carbocycles. The van der Waals surface area contributed by atoms with Gasteiger partial charge in [0.1, 0.15) is 6.33 Å². The highest BCUT2D eigenvalue weighted by molar-refractivity contribution is 6.33. The van der Waals surface area contributed by atoms with Crippen molar-refractivity contribution in [2.24, 2.45) is 0 Å². The molecule has 0 saturated heterocycles. The second-order valence-corrected chi connectivity index (χ2v) is 3.90. The normalized spacial score (nSPS) is 10.8. The Balaban J connectivity index is 2.22. The van der Waals surface area contributed by atoms with Crippen molar-refractivity contribution in [2.75, 3.05) is 0 Å². The highest BCUT2D eigenvalue weighted by atomic mass is 35.5. The Hall–Kier alpha value is -1.87. The lowest BCUT2D eigenvalue weighted by Crippen LogP contribution is -1.86. The van der Waals surface area contributed by atoms with E-state index in [9.17, 15) is 0 Å². The molecule has 0 unspecified atom stereocenters. The maximum Gasteiger partial charge on any atom is 0.160 e. The Morgan fingerprint density at radius 1 is 1.06 bits per heavy atom. The van der Waals surface area contributed by atoms with E-state index in [1.165, 1.54) is 0 Å². The molecule has 2 heterocycles. The van der Waals surface area contributed by atoms with Crippen molar-refractivity contribution >= 4 is 17.2 Å². The third kappa shape index (κ3) is 1.46. The van der Waals surface area contributed by atoms with Gasteiger partial charge in [0.25, 0.3) is 0 Å². The quantitative estimate of drug-likeness (QED) is 0.642. The van der Waals surface area contributed by atoms with Crippen LogP contribution in [0.3, 0.4) is 0 Å². The van der Waals surface area contributed by atoms with Gasteiger partial charge in [-0.3, -0.25) is 4.40 Å². The summed E-state index contributed by atoms with van der Waals surface area (Å²) in [6, 6.07) is 11.7. The van der Waals surface area contributed by atoms with Crippen LogP contribution in [0.15, 0.2) is 48.9 Å². The van der Waals surface area contributed by atoms with Crippen LogP contribution in [0.4, 0.5) is 0 Å². The molecule has 3 rings (SSSR count). The molecule has 0 fully saturated rings. The molecule has 0 aliphatic rings. The summed E-state index contributed by atoms with van der Waals surface area (Å²) < 4.78 is 1.87. The molecular formula is C12H8ClN3. The van der Waals surface area contributed by atoms with Crippen LogP contribution in [0.5, 0.6) is 0 Å². The topological polar surface area (TPSA) is 30.2 Å². The highest BCUT2D eigenvalue weighted by Crippen LogP contribution is 2.27. The number of fused-ring (bicyclic) bond motifs is 1. The van der Waals surface area contributed by atoms with E-state index in [0.29, 0.717) is 0 Å². The van der Waals surface area contributed by atoms with Crippen molar-refractivity contribution < 1.29 is 0 Å². The molecule has 2 aromatic heterocycles. The van der Waals surface area contributed by atoms with Crippen LogP contribution in [-0.2, 0) is 0 Å². The Labute approximate surface area is 97.3 Å². The molecule has 16 heavy (non-hydrogen) atoms. The van der Waals surface area contributed by atoms with Gasteiger partial charge in [0.15, 0.2) is 5.65 Å². The number of hydrogen-bond acceptors (Lipinski definition) is 2. The van der Waals surface area contributed by atoms with E-state index in [-0.39, 0.29) is 0 Å². The van der Waals surface area contributed by atoms with Crippen LogP contribution in [0.1, 0.15) is 0 Å². The summed E-state index contributed by atoms with van der Waals surface area (Å²) >= 11 is 6.14. The van der Waals surface area contributed by atoms with Crippen molar-refractivity contribution in [2.45, 2.75) is 0 Å². The zero-order valence-corrected chi connectivity index (χ0v) is 9.09. The van der Waals surface area contributed by atoms with Crippen LogP contribution in [-0.4, -0.2) is 14.6 Å². The molecule has 0 aliphatic heterocycles. The Morgan fingerprint density at radius 3 is 2.81 bits per heavy atom. The minimum atomic E-state index is 0.745. The number of rotatable bonds is 1. The summed E-state index contributed by atoms with van der Waals surface area (Å²) in [7, 11) is 0. The van der Waals surface area contributed by atoms with Crippen molar-refractivity contribution in [3.8, 4) is 11.1 Å². The molecule has 0 amide bonds. The van der Waals surface area contributed by atoms with Gasteiger partial charge in [-0.15, -0.1) is 10.2 Å². The van der Waals surface area contributed by atoms with Crippen molar-refractivity contribution in [3.05, 3.63) is 53.9 Å². The van der Waals surface area contributed by atoms with Crippen LogP contribution in [0.2, 0.25) is 5.02 Å². The molecular weight excluding hydrogens is 222 g/mol. The molecule has 0 spiro atoms. The largest absolute Gasteiger partial charge is 0.288 e. The lowest BCUT2D eigenvalue weighted by atomic mass is 10.1. The van der Waals surface area contributed by atoms with E-state index < -0.39 is 0 Å². The number of nitrogens with zero attached hydrogens (tertiary/aromatic N) is 3. The molecule has 78 valence electrons. The van der Waals surface area contributed by atoms with E-state index in [4.69, 9.17) is 11.6 Å². The van der Waals surface area contributed by atoms with Gasteiger partial charge in [0.2, 0.25) is 0 Å². The minimum Gasteiger partial charge on any atom is -0.288 e. The molecule has 3 nitrogen and oxygen atoms in total. The molecule has 4 heteroatoms. The molecule has 0 radical (unpaired) electrons. The van der Waals surface area contributed by atoms with Gasteiger partial charge in [0.05, 0.1) is 0 Å². The Kier molecular flexibility index (Phi) is 2.11. The smallest absolute Gasteiger partial charge is 0.160 e. The molecule has 1 aromatic carbocycles. The van der Waals surface area contributed by atoms with Crippen LogP contribution in [0, 0.1) is 0 Å². The van der Waals surface area contributed by atoms with Gasteiger partial charge in [-0.2, -0.15) is 0 Å². The summed E-state index contributed by atoms with van der Waals surface area (Å²) in [6.07, 6.45) is 3.65. The van der Waals surface area contributed by atoms with Crippen LogP contribution >= 0.6 is 11.6 Å². The molecule has 0 N–H and O–H groups in total. The highest BCUT2D eigenvalue weighted by Gasteiger charge is 2.03. The number of hydrogen-bond donors (Lipinski definition) is 0. The summed E-state index contributed by atoms with van der Waals surface area (Å²) in [4.78, 5) is 0. The number of pyridine rings is 1. The number of aromatic nitrogens is 3. The summed E-state index contributed by atoms with van der Waals surface area (Å²) in [6.45, 7) is 0.